The maximum atomic E-state index is 12.5. The highest BCUT2D eigenvalue weighted by Gasteiger charge is 2.17. The molecule has 0 aliphatic heterocycles. The highest BCUT2D eigenvalue weighted by Crippen LogP contribution is 2.13. The number of imidazole rings is 1. The summed E-state index contributed by atoms with van der Waals surface area (Å²) in [5, 5.41) is 4.10. The molecule has 0 amide bonds. The first-order valence-electron chi connectivity index (χ1n) is 7.40. The first kappa shape index (κ1) is 15.7. The molecular formula is C15H17N7O2. The van der Waals surface area contributed by atoms with Crippen LogP contribution in [0.15, 0.2) is 39.2 Å². The minimum absolute atomic E-state index is 0.300. The van der Waals surface area contributed by atoms with Gasteiger partial charge in [0.25, 0.3) is 5.56 Å². The first-order valence-corrected chi connectivity index (χ1v) is 7.40. The molecule has 0 aliphatic carbocycles. The Morgan fingerprint density at radius 2 is 2.08 bits per heavy atom. The van der Waals surface area contributed by atoms with Crippen molar-refractivity contribution in [2.75, 3.05) is 5.43 Å². The molecule has 24 heavy (non-hydrogen) atoms. The zero-order chi connectivity index (χ0) is 17.3. The van der Waals surface area contributed by atoms with Crippen LogP contribution in [0.25, 0.3) is 11.2 Å². The molecule has 0 saturated heterocycles. The van der Waals surface area contributed by atoms with Gasteiger partial charge in [-0.15, -0.1) is 0 Å². The molecule has 0 aromatic carbocycles. The number of hydrogen-bond acceptors (Lipinski definition) is 6. The van der Waals surface area contributed by atoms with E-state index in [1.807, 2.05) is 6.07 Å². The second-order valence-electron chi connectivity index (χ2n) is 5.21. The fraction of sp³-hybridized carbons (Fsp3) is 0.267. The average molecular weight is 327 g/mol. The Morgan fingerprint density at radius 1 is 1.29 bits per heavy atom. The van der Waals surface area contributed by atoms with Crippen molar-refractivity contribution in [1.82, 2.24) is 23.7 Å². The van der Waals surface area contributed by atoms with Crippen LogP contribution in [0.4, 0.5) is 5.95 Å². The zero-order valence-corrected chi connectivity index (χ0v) is 13.6. The molecule has 0 aliphatic rings. The van der Waals surface area contributed by atoms with Crippen LogP contribution < -0.4 is 16.7 Å². The molecule has 0 bridgehead atoms. The van der Waals surface area contributed by atoms with Gasteiger partial charge in [0, 0.05) is 38.6 Å². The average Bonchev–Trinajstić information content (AvgIpc) is 2.92. The van der Waals surface area contributed by atoms with Crippen molar-refractivity contribution in [3.63, 3.8) is 0 Å². The maximum absolute atomic E-state index is 12.5. The van der Waals surface area contributed by atoms with Crippen LogP contribution in [0.5, 0.6) is 0 Å². The van der Waals surface area contributed by atoms with Gasteiger partial charge < -0.3 is 4.57 Å². The summed E-state index contributed by atoms with van der Waals surface area (Å²) >= 11 is 0. The van der Waals surface area contributed by atoms with E-state index < -0.39 is 5.69 Å². The maximum Gasteiger partial charge on any atom is 0.332 e. The Labute approximate surface area is 136 Å². The van der Waals surface area contributed by atoms with E-state index in [9.17, 15) is 9.59 Å². The number of aromatic nitrogens is 5. The number of hydrazone groups is 1. The lowest BCUT2D eigenvalue weighted by atomic mass is 10.3. The molecule has 0 atom stereocenters. The highest BCUT2D eigenvalue weighted by molar-refractivity contribution is 5.80. The third-order valence-electron chi connectivity index (χ3n) is 3.74. The normalized spacial score (nSPS) is 11.5. The van der Waals surface area contributed by atoms with Crippen LogP contribution in [0, 0.1) is 0 Å². The molecule has 3 heterocycles. The third kappa shape index (κ3) is 2.49. The molecule has 0 radical (unpaired) electrons. The number of pyridine rings is 1. The SMILES string of the molecule is CCn1c(=O)c2c(nc(N/N=C\c3cccnc3)n2C)n(C)c1=O. The van der Waals surface area contributed by atoms with Crippen LogP contribution in [-0.4, -0.2) is 29.9 Å². The summed E-state index contributed by atoms with van der Waals surface area (Å²) in [6, 6.07) is 3.66. The predicted molar refractivity (Wildman–Crippen MR) is 91.3 cm³/mol. The van der Waals surface area contributed by atoms with Crippen LogP contribution in [0.1, 0.15) is 12.5 Å². The topological polar surface area (TPSA) is 99.1 Å². The van der Waals surface area contributed by atoms with Gasteiger partial charge in [0.15, 0.2) is 11.2 Å². The fourth-order valence-electron chi connectivity index (χ4n) is 2.44. The van der Waals surface area contributed by atoms with Crippen LogP contribution in [0.2, 0.25) is 0 Å². The summed E-state index contributed by atoms with van der Waals surface area (Å²) in [5.74, 6) is 0.367. The van der Waals surface area contributed by atoms with E-state index in [1.54, 1.807) is 50.3 Å². The Kier molecular flexibility index (Phi) is 3.98. The molecule has 9 heteroatoms. The fourth-order valence-corrected chi connectivity index (χ4v) is 2.44. The Balaban J connectivity index is 2.05. The second-order valence-corrected chi connectivity index (χ2v) is 5.21. The minimum atomic E-state index is -0.390. The largest absolute Gasteiger partial charge is 0.332 e. The summed E-state index contributed by atoms with van der Waals surface area (Å²) < 4.78 is 4.12. The van der Waals surface area contributed by atoms with E-state index in [0.717, 1.165) is 5.56 Å². The van der Waals surface area contributed by atoms with Gasteiger partial charge in [0.1, 0.15) is 0 Å². The van der Waals surface area contributed by atoms with Gasteiger partial charge in [0.2, 0.25) is 5.95 Å². The van der Waals surface area contributed by atoms with Gasteiger partial charge >= 0.3 is 5.69 Å². The zero-order valence-electron chi connectivity index (χ0n) is 13.6. The Bertz CT molecular complexity index is 1030. The van der Waals surface area contributed by atoms with Crippen molar-refractivity contribution < 1.29 is 0 Å². The Hall–Kier alpha value is -3.23. The number of rotatable bonds is 4. The van der Waals surface area contributed by atoms with Gasteiger partial charge in [-0.1, -0.05) is 6.07 Å². The Morgan fingerprint density at radius 3 is 2.75 bits per heavy atom. The summed E-state index contributed by atoms with van der Waals surface area (Å²) in [4.78, 5) is 33.0. The quantitative estimate of drug-likeness (QED) is 0.549. The number of hydrogen-bond donors (Lipinski definition) is 1. The van der Waals surface area contributed by atoms with Crippen LogP contribution in [-0.2, 0) is 20.6 Å². The van der Waals surface area contributed by atoms with E-state index in [0.29, 0.717) is 23.7 Å². The second kappa shape index (κ2) is 6.11. The molecule has 3 aromatic rings. The molecule has 0 unspecified atom stereocenters. The van der Waals surface area contributed by atoms with Crippen molar-refractivity contribution in [3.05, 3.63) is 50.9 Å². The molecule has 3 rings (SSSR count). The van der Waals surface area contributed by atoms with E-state index >= 15 is 0 Å². The lowest BCUT2D eigenvalue weighted by Crippen LogP contribution is -2.39. The number of nitrogens with one attached hydrogen (secondary N) is 1. The summed E-state index contributed by atoms with van der Waals surface area (Å²) in [5.41, 5.74) is 3.52. The van der Waals surface area contributed by atoms with Crippen LogP contribution >= 0.6 is 0 Å². The molecular weight excluding hydrogens is 310 g/mol. The summed E-state index contributed by atoms with van der Waals surface area (Å²) in [6.07, 6.45) is 4.94. The first-order chi connectivity index (χ1) is 11.5. The number of aryl methyl sites for hydroxylation is 2. The smallest absolute Gasteiger partial charge is 0.306 e. The van der Waals surface area contributed by atoms with Crippen molar-refractivity contribution >= 4 is 23.3 Å². The van der Waals surface area contributed by atoms with Crippen molar-refractivity contribution in [2.45, 2.75) is 13.5 Å². The van der Waals surface area contributed by atoms with Gasteiger partial charge in [-0.05, 0) is 13.0 Å². The third-order valence-corrected chi connectivity index (χ3v) is 3.74. The molecule has 0 spiro atoms. The lowest BCUT2D eigenvalue weighted by molar-refractivity contribution is 0.635. The monoisotopic (exact) mass is 327 g/mol. The van der Waals surface area contributed by atoms with Crippen LogP contribution in [0.3, 0.4) is 0 Å². The minimum Gasteiger partial charge on any atom is -0.306 e. The molecule has 9 nitrogen and oxygen atoms in total. The molecule has 0 saturated carbocycles. The van der Waals surface area contributed by atoms with E-state index in [-0.39, 0.29) is 5.56 Å². The predicted octanol–water partition coefficient (Wildman–Crippen LogP) is 0.295. The van der Waals surface area contributed by atoms with Crippen molar-refractivity contribution in [2.24, 2.45) is 19.2 Å². The molecule has 124 valence electrons. The van der Waals surface area contributed by atoms with E-state index in [1.165, 1.54) is 9.13 Å². The lowest BCUT2D eigenvalue weighted by Gasteiger charge is -2.05. The molecule has 0 fully saturated rings. The molecule has 3 aromatic heterocycles. The van der Waals surface area contributed by atoms with Crippen molar-refractivity contribution in [3.8, 4) is 0 Å². The van der Waals surface area contributed by atoms with Gasteiger partial charge in [-0.2, -0.15) is 10.1 Å². The number of fused-ring (bicyclic) bond motifs is 1. The van der Waals surface area contributed by atoms with E-state index in [2.05, 4.69) is 20.5 Å². The number of anilines is 1. The van der Waals surface area contributed by atoms with Gasteiger partial charge in [-0.3, -0.25) is 18.9 Å². The summed E-state index contributed by atoms with van der Waals surface area (Å²) in [7, 11) is 3.29. The standard InChI is InChI=1S/C15H17N7O2/c1-4-22-13(23)11-12(21(3)15(22)24)18-14(20(11)2)19-17-9-10-6-5-7-16-8-10/h5-9H,4H2,1-3H3,(H,18,19)/b17-9-. The van der Waals surface area contributed by atoms with Crippen molar-refractivity contribution in [1.29, 1.82) is 0 Å². The van der Waals surface area contributed by atoms with Gasteiger partial charge in [0.05, 0.1) is 6.21 Å². The highest BCUT2D eigenvalue weighted by atomic mass is 16.2. The molecule has 1 N–H and O–H groups in total. The summed E-state index contributed by atoms with van der Waals surface area (Å²) in [6.45, 7) is 2.05. The van der Waals surface area contributed by atoms with Gasteiger partial charge in [-0.25, -0.2) is 10.2 Å². The van der Waals surface area contributed by atoms with E-state index in [4.69, 9.17) is 0 Å². The number of nitrogens with zero attached hydrogens (tertiary/aromatic N) is 6.